The molecule has 0 aliphatic heterocycles. The molecular weight excluding hydrogens is 251 g/mol. The van der Waals surface area contributed by atoms with Crippen LogP contribution in [0, 0.1) is 5.82 Å². The van der Waals surface area contributed by atoms with Gasteiger partial charge < -0.3 is 4.74 Å². The van der Waals surface area contributed by atoms with Crippen LogP contribution in [-0.2, 0) is 13.0 Å². The van der Waals surface area contributed by atoms with Crippen LogP contribution in [0.5, 0.6) is 5.75 Å². The number of aryl methyl sites for hydroxylation is 1. The van der Waals surface area contributed by atoms with Crippen LogP contribution in [-0.4, -0.2) is 0 Å². The fraction of sp³-hybridized carbons (Fsp3) is 0.200. The van der Waals surface area contributed by atoms with Gasteiger partial charge in [-0.05, 0) is 36.2 Å². The van der Waals surface area contributed by atoms with Gasteiger partial charge in [0.05, 0.1) is 5.02 Å². The molecule has 0 aromatic heterocycles. The highest BCUT2D eigenvalue weighted by atomic mass is 35.5. The summed E-state index contributed by atoms with van der Waals surface area (Å²) in [5, 5.41) is 0.389. The minimum atomic E-state index is -0.337. The lowest BCUT2D eigenvalue weighted by atomic mass is 10.2. The SMILES string of the molecule is CCc1ccc(OCc2ccc(F)cc2Cl)cc1. The van der Waals surface area contributed by atoms with Crippen molar-refractivity contribution in [2.45, 2.75) is 20.0 Å². The molecule has 0 unspecified atom stereocenters. The van der Waals surface area contributed by atoms with Gasteiger partial charge in [0.2, 0.25) is 0 Å². The molecule has 0 atom stereocenters. The average molecular weight is 265 g/mol. The predicted octanol–water partition coefficient (Wildman–Crippen LogP) is 4.62. The molecule has 1 nitrogen and oxygen atoms in total. The highest BCUT2D eigenvalue weighted by Gasteiger charge is 2.03. The lowest BCUT2D eigenvalue weighted by Crippen LogP contribution is -1.96. The Bertz CT molecular complexity index is 523. The van der Waals surface area contributed by atoms with Crippen LogP contribution < -0.4 is 4.74 Å². The van der Waals surface area contributed by atoms with Crippen molar-refractivity contribution in [3.05, 3.63) is 64.4 Å². The van der Waals surface area contributed by atoms with Crippen molar-refractivity contribution in [2.24, 2.45) is 0 Å². The number of rotatable bonds is 4. The highest BCUT2D eigenvalue weighted by Crippen LogP contribution is 2.20. The van der Waals surface area contributed by atoms with Crippen LogP contribution in [0.15, 0.2) is 42.5 Å². The van der Waals surface area contributed by atoms with Crippen molar-refractivity contribution >= 4 is 11.6 Å². The fourth-order valence-corrected chi connectivity index (χ4v) is 1.84. The summed E-state index contributed by atoms with van der Waals surface area (Å²) in [4.78, 5) is 0. The second-order valence-corrected chi connectivity index (χ2v) is 4.43. The van der Waals surface area contributed by atoms with E-state index in [2.05, 4.69) is 6.92 Å². The van der Waals surface area contributed by atoms with Gasteiger partial charge in [-0.2, -0.15) is 0 Å². The summed E-state index contributed by atoms with van der Waals surface area (Å²) in [6, 6.07) is 12.2. The van der Waals surface area contributed by atoms with Gasteiger partial charge in [-0.15, -0.1) is 0 Å². The van der Waals surface area contributed by atoms with Crippen molar-refractivity contribution < 1.29 is 9.13 Å². The van der Waals surface area contributed by atoms with E-state index in [0.717, 1.165) is 17.7 Å². The zero-order chi connectivity index (χ0) is 13.0. The fourth-order valence-electron chi connectivity index (χ4n) is 1.62. The van der Waals surface area contributed by atoms with E-state index in [1.54, 1.807) is 6.07 Å². The van der Waals surface area contributed by atoms with Gasteiger partial charge in [0.15, 0.2) is 0 Å². The first-order valence-electron chi connectivity index (χ1n) is 5.84. The number of hydrogen-bond acceptors (Lipinski definition) is 1. The Morgan fingerprint density at radius 3 is 2.44 bits per heavy atom. The average Bonchev–Trinajstić information content (AvgIpc) is 2.38. The first kappa shape index (κ1) is 12.9. The molecule has 2 aromatic carbocycles. The van der Waals surface area contributed by atoms with Gasteiger partial charge in [0.25, 0.3) is 0 Å². The number of ether oxygens (including phenoxy) is 1. The molecule has 3 heteroatoms. The molecule has 0 amide bonds. The van der Waals surface area contributed by atoms with E-state index < -0.39 is 0 Å². The van der Waals surface area contributed by atoms with Gasteiger partial charge in [-0.25, -0.2) is 4.39 Å². The molecule has 0 N–H and O–H groups in total. The summed E-state index contributed by atoms with van der Waals surface area (Å²) in [5.41, 5.74) is 2.04. The zero-order valence-corrected chi connectivity index (χ0v) is 10.9. The molecule has 0 fully saturated rings. The third-order valence-electron chi connectivity index (χ3n) is 2.74. The Hall–Kier alpha value is -1.54. The van der Waals surface area contributed by atoms with Crippen LogP contribution >= 0.6 is 11.6 Å². The second kappa shape index (κ2) is 5.87. The normalized spacial score (nSPS) is 10.4. The standard InChI is InChI=1S/C15H14ClFO/c1-2-11-3-7-14(8-4-11)18-10-12-5-6-13(17)9-15(12)16/h3-9H,2,10H2,1H3. The summed E-state index contributed by atoms with van der Waals surface area (Å²) in [6.07, 6.45) is 1.00. The largest absolute Gasteiger partial charge is 0.489 e. The Balaban J connectivity index is 2.02. The van der Waals surface area contributed by atoms with Gasteiger partial charge in [-0.3, -0.25) is 0 Å². The Morgan fingerprint density at radius 2 is 1.83 bits per heavy atom. The first-order valence-corrected chi connectivity index (χ1v) is 6.22. The van der Waals surface area contributed by atoms with Crippen molar-refractivity contribution in [1.82, 2.24) is 0 Å². The van der Waals surface area contributed by atoms with E-state index in [4.69, 9.17) is 16.3 Å². The van der Waals surface area contributed by atoms with Gasteiger partial charge >= 0.3 is 0 Å². The van der Waals surface area contributed by atoms with Gasteiger partial charge in [-0.1, -0.05) is 36.7 Å². The van der Waals surface area contributed by atoms with Crippen molar-refractivity contribution in [3.63, 3.8) is 0 Å². The van der Waals surface area contributed by atoms with E-state index in [-0.39, 0.29) is 5.82 Å². The Kier molecular flexibility index (Phi) is 4.21. The van der Waals surface area contributed by atoms with Crippen molar-refractivity contribution in [2.75, 3.05) is 0 Å². The minimum absolute atomic E-state index is 0.337. The van der Waals surface area contributed by atoms with Gasteiger partial charge in [0.1, 0.15) is 18.2 Å². The summed E-state index contributed by atoms with van der Waals surface area (Å²) in [7, 11) is 0. The molecule has 18 heavy (non-hydrogen) atoms. The Morgan fingerprint density at radius 1 is 1.11 bits per heavy atom. The zero-order valence-electron chi connectivity index (χ0n) is 10.1. The van der Waals surface area contributed by atoms with E-state index in [9.17, 15) is 4.39 Å². The van der Waals surface area contributed by atoms with E-state index in [1.165, 1.54) is 17.7 Å². The number of benzene rings is 2. The lowest BCUT2D eigenvalue weighted by Gasteiger charge is -2.08. The maximum Gasteiger partial charge on any atom is 0.124 e. The molecule has 2 rings (SSSR count). The van der Waals surface area contributed by atoms with Crippen LogP contribution in [0.4, 0.5) is 4.39 Å². The molecule has 0 heterocycles. The molecule has 0 radical (unpaired) electrons. The predicted molar refractivity (Wildman–Crippen MR) is 71.6 cm³/mol. The van der Waals surface area contributed by atoms with Crippen LogP contribution in [0.1, 0.15) is 18.1 Å². The van der Waals surface area contributed by atoms with E-state index in [0.29, 0.717) is 11.6 Å². The maximum absolute atomic E-state index is 12.9. The van der Waals surface area contributed by atoms with Crippen molar-refractivity contribution in [1.29, 1.82) is 0 Å². The minimum Gasteiger partial charge on any atom is -0.489 e. The molecule has 0 spiro atoms. The van der Waals surface area contributed by atoms with E-state index in [1.807, 2.05) is 24.3 Å². The molecule has 94 valence electrons. The molecule has 0 bridgehead atoms. The summed E-state index contributed by atoms with van der Waals surface area (Å²) in [6.45, 7) is 2.44. The molecule has 0 saturated heterocycles. The monoisotopic (exact) mass is 264 g/mol. The molecule has 0 aliphatic carbocycles. The maximum atomic E-state index is 12.9. The topological polar surface area (TPSA) is 9.23 Å². The highest BCUT2D eigenvalue weighted by molar-refractivity contribution is 6.31. The van der Waals surface area contributed by atoms with E-state index >= 15 is 0 Å². The lowest BCUT2D eigenvalue weighted by molar-refractivity contribution is 0.306. The van der Waals surface area contributed by atoms with Crippen LogP contribution in [0.3, 0.4) is 0 Å². The summed E-state index contributed by atoms with van der Waals surface area (Å²) < 4.78 is 18.5. The Labute approximate surface area is 111 Å². The third kappa shape index (κ3) is 3.23. The summed E-state index contributed by atoms with van der Waals surface area (Å²) >= 11 is 5.92. The smallest absolute Gasteiger partial charge is 0.124 e. The second-order valence-electron chi connectivity index (χ2n) is 4.02. The molecular formula is C15H14ClFO. The van der Waals surface area contributed by atoms with Crippen molar-refractivity contribution in [3.8, 4) is 5.75 Å². The van der Waals surface area contributed by atoms with Crippen LogP contribution in [0.25, 0.3) is 0 Å². The van der Waals surface area contributed by atoms with Gasteiger partial charge in [0, 0.05) is 5.56 Å². The summed E-state index contributed by atoms with van der Waals surface area (Å²) in [5.74, 6) is 0.448. The number of hydrogen-bond donors (Lipinski definition) is 0. The molecule has 0 saturated carbocycles. The number of halogens is 2. The molecule has 0 aliphatic rings. The molecule has 2 aromatic rings. The van der Waals surface area contributed by atoms with Crippen LogP contribution in [0.2, 0.25) is 5.02 Å². The quantitative estimate of drug-likeness (QED) is 0.783. The first-order chi connectivity index (χ1) is 8.69. The third-order valence-corrected chi connectivity index (χ3v) is 3.09.